The van der Waals surface area contributed by atoms with Crippen LogP contribution in [0.25, 0.3) is 0 Å². The van der Waals surface area contributed by atoms with E-state index in [1.807, 2.05) is 30.5 Å². The van der Waals surface area contributed by atoms with Crippen molar-refractivity contribution in [3.8, 4) is 5.75 Å². The number of anilines is 1. The van der Waals surface area contributed by atoms with Crippen LogP contribution in [0.1, 0.15) is 16.8 Å². The Bertz CT molecular complexity index is 594. The van der Waals surface area contributed by atoms with Crippen molar-refractivity contribution in [2.75, 3.05) is 12.4 Å². The van der Waals surface area contributed by atoms with E-state index in [2.05, 4.69) is 22.2 Å². The van der Waals surface area contributed by atoms with Crippen LogP contribution in [0.4, 0.5) is 5.69 Å². The standard InChI is InChI=1S/C14H18N4OS/c1-3-12-8-16-13(20-12)9-17-14(15)18-10-5-4-6-11(7-10)19-2/h4-8H,3,9H2,1-2H3,(H3,15,17,18). The van der Waals surface area contributed by atoms with Crippen molar-refractivity contribution in [1.29, 1.82) is 0 Å². The summed E-state index contributed by atoms with van der Waals surface area (Å²) in [6.07, 6.45) is 2.89. The number of aryl methyl sites for hydroxylation is 1. The smallest absolute Gasteiger partial charge is 0.193 e. The molecule has 1 aromatic carbocycles. The molecule has 0 fully saturated rings. The second kappa shape index (κ2) is 6.91. The fourth-order valence-corrected chi connectivity index (χ4v) is 2.41. The first-order chi connectivity index (χ1) is 9.71. The Morgan fingerprint density at radius 1 is 1.50 bits per heavy atom. The lowest BCUT2D eigenvalue weighted by Gasteiger charge is -2.06. The Balaban J connectivity index is 1.96. The second-order valence-electron chi connectivity index (χ2n) is 4.13. The summed E-state index contributed by atoms with van der Waals surface area (Å²) in [6, 6.07) is 7.54. The molecule has 0 amide bonds. The topological polar surface area (TPSA) is 72.5 Å². The number of methoxy groups -OCH3 is 1. The van der Waals surface area contributed by atoms with Crippen molar-refractivity contribution in [2.24, 2.45) is 10.7 Å². The fourth-order valence-electron chi connectivity index (χ4n) is 1.63. The van der Waals surface area contributed by atoms with Crippen molar-refractivity contribution in [3.05, 3.63) is 40.3 Å². The number of aliphatic imine (C=N–C) groups is 1. The Morgan fingerprint density at radius 3 is 3.05 bits per heavy atom. The normalized spacial score (nSPS) is 11.4. The number of nitrogens with two attached hydrogens (primary N) is 1. The molecule has 1 aromatic heterocycles. The van der Waals surface area contributed by atoms with Crippen LogP contribution in [-0.2, 0) is 13.0 Å². The van der Waals surface area contributed by atoms with Gasteiger partial charge in [0.2, 0.25) is 0 Å². The number of nitrogens with zero attached hydrogens (tertiary/aromatic N) is 2. The van der Waals surface area contributed by atoms with Crippen LogP contribution in [0.2, 0.25) is 0 Å². The van der Waals surface area contributed by atoms with Crippen LogP contribution in [-0.4, -0.2) is 18.1 Å². The van der Waals surface area contributed by atoms with Crippen molar-refractivity contribution < 1.29 is 4.74 Å². The monoisotopic (exact) mass is 290 g/mol. The Labute approximate surface area is 122 Å². The van der Waals surface area contributed by atoms with E-state index in [0.29, 0.717) is 12.5 Å². The van der Waals surface area contributed by atoms with Gasteiger partial charge in [-0.25, -0.2) is 9.98 Å². The van der Waals surface area contributed by atoms with Crippen LogP contribution >= 0.6 is 11.3 Å². The minimum atomic E-state index is 0.367. The average Bonchev–Trinajstić information content (AvgIpc) is 2.93. The molecule has 5 nitrogen and oxygen atoms in total. The number of ether oxygens (including phenoxy) is 1. The number of hydrogen-bond acceptors (Lipinski definition) is 4. The lowest BCUT2D eigenvalue weighted by atomic mass is 10.3. The Morgan fingerprint density at radius 2 is 2.35 bits per heavy atom. The molecule has 0 aliphatic heterocycles. The van der Waals surface area contributed by atoms with Gasteiger partial charge in [-0.15, -0.1) is 11.3 Å². The predicted octanol–water partition coefficient (Wildman–Crippen LogP) is 2.64. The van der Waals surface area contributed by atoms with Gasteiger partial charge in [0.1, 0.15) is 10.8 Å². The number of nitrogens with one attached hydrogen (secondary N) is 1. The van der Waals surface area contributed by atoms with Crippen LogP contribution < -0.4 is 15.8 Å². The third kappa shape index (κ3) is 3.96. The first kappa shape index (κ1) is 14.3. The molecule has 0 atom stereocenters. The molecular formula is C14H18N4OS. The SMILES string of the molecule is CCc1cnc(CN=C(N)Nc2cccc(OC)c2)s1. The van der Waals surface area contributed by atoms with Gasteiger partial charge in [0, 0.05) is 22.8 Å². The molecule has 106 valence electrons. The average molecular weight is 290 g/mol. The van der Waals surface area contributed by atoms with Gasteiger partial charge < -0.3 is 15.8 Å². The van der Waals surface area contributed by atoms with E-state index in [1.54, 1.807) is 18.4 Å². The van der Waals surface area contributed by atoms with E-state index < -0.39 is 0 Å². The van der Waals surface area contributed by atoms with Crippen LogP contribution in [0.15, 0.2) is 35.5 Å². The van der Waals surface area contributed by atoms with E-state index in [-0.39, 0.29) is 0 Å². The van der Waals surface area contributed by atoms with Gasteiger partial charge >= 0.3 is 0 Å². The van der Waals surface area contributed by atoms with Gasteiger partial charge in [-0.3, -0.25) is 0 Å². The summed E-state index contributed by atoms with van der Waals surface area (Å²) in [4.78, 5) is 9.84. The van der Waals surface area contributed by atoms with Crippen LogP contribution in [0, 0.1) is 0 Å². The van der Waals surface area contributed by atoms with Gasteiger partial charge in [-0.05, 0) is 18.6 Å². The highest BCUT2D eigenvalue weighted by atomic mass is 32.1. The second-order valence-corrected chi connectivity index (χ2v) is 5.33. The highest BCUT2D eigenvalue weighted by Crippen LogP contribution is 2.17. The summed E-state index contributed by atoms with van der Waals surface area (Å²) in [5, 5.41) is 4.00. The van der Waals surface area contributed by atoms with Crippen molar-refractivity contribution >= 4 is 23.0 Å². The van der Waals surface area contributed by atoms with Crippen molar-refractivity contribution in [3.63, 3.8) is 0 Å². The lowest BCUT2D eigenvalue weighted by molar-refractivity contribution is 0.415. The molecule has 0 aliphatic carbocycles. The summed E-state index contributed by atoms with van der Waals surface area (Å²) in [6.45, 7) is 2.60. The van der Waals surface area contributed by atoms with Crippen LogP contribution in [0.5, 0.6) is 5.75 Å². The van der Waals surface area contributed by atoms with Crippen molar-refractivity contribution in [2.45, 2.75) is 19.9 Å². The molecule has 0 spiro atoms. The maximum absolute atomic E-state index is 5.86. The molecule has 0 saturated heterocycles. The zero-order valence-electron chi connectivity index (χ0n) is 11.6. The molecule has 0 saturated carbocycles. The van der Waals surface area contributed by atoms with Gasteiger partial charge in [-0.1, -0.05) is 13.0 Å². The van der Waals surface area contributed by atoms with E-state index in [9.17, 15) is 0 Å². The number of hydrogen-bond donors (Lipinski definition) is 2. The summed E-state index contributed by atoms with van der Waals surface area (Å²) in [5.74, 6) is 1.14. The minimum Gasteiger partial charge on any atom is -0.497 e. The van der Waals surface area contributed by atoms with Gasteiger partial charge in [0.25, 0.3) is 0 Å². The fraction of sp³-hybridized carbons (Fsp3) is 0.286. The molecule has 2 aromatic rings. The molecule has 0 bridgehead atoms. The molecule has 20 heavy (non-hydrogen) atoms. The molecule has 1 heterocycles. The summed E-state index contributed by atoms with van der Waals surface area (Å²) < 4.78 is 5.15. The van der Waals surface area contributed by atoms with E-state index in [1.165, 1.54) is 4.88 Å². The van der Waals surface area contributed by atoms with Gasteiger partial charge in [-0.2, -0.15) is 0 Å². The number of rotatable bonds is 5. The maximum atomic E-state index is 5.86. The largest absolute Gasteiger partial charge is 0.497 e. The first-order valence-corrected chi connectivity index (χ1v) is 7.17. The number of benzene rings is 1. The highest BCUT2D eigenvalue weighted by molar-refractivity contribution is 7.11. The molecule has 6 heteroatoms. The third-order valence-corrected chi connectivity index (χ3v) is 3.80. The molecule has 3 N–H and O–H groups in total. The number of aromatic nitrogens is 1. The Hall–Kier alpha value is -2.08. The molecular weight excluding hydrogens is 272 g/mol. The number of thiazole rings is 1. The first-order valence-electron chi connectivity index (χ1n) is 6.36. The predicted molar refractivity (Wildman–Crippen MR) is 83.4 cm³/mol. The quantitative estimate of drug-likeness (QED) is 0.656. The van der Waals surface area contributed by atoms with Crippen LogP contribution in [0.3, 0.4) is 0 Å². The molecule has 0 aliphatic rings. The van der Waals surface area contributed by atoms with E-state index >= 15 is 0 Å². The number of guanidine groups is 1. The zero-order chi connectivity index (χ0) is 14.4. The van der Waals surface area contributed by atoms with E-state index in [4.69, 9.17) is 10.5 Å². The third-order valence-electron chi connectivity index (χ3n) is 2.68. The zero-order valence-corrected chi connectivity index (χ0v) is 12.4. The molecule has 0 radical (unpaired) electrons. The van der Waals surface area contributed by atoms with Gasteiger partial charge in [0.15, 0.2) is 5.96 Å². The van der Waals surface area contributed by atoms with E-state index in [0.717, 1.165) is 22.9 Å². The minimum absolute atomic E-state index is 0.367. The maximum Gasteiger partial charge on any atom is 0.193 e. The summed E-state index contributed by atoms with van der Waals surface area (Å²) in [7, 11) is 1.63. The van der Waals surface area contributed by atoms with Crippen molar-refractivity contribution in [1.82, 2.24) is 4.98 Å². The summed E-state index contributed by atoms with van der Waals surface area (Å²) in [5.41, 5.74) is 6.71. The molecule has 2 rings (SSSR count). The summed E-state index contributed by atoms with van der Waals surface area (Å²) >= 11 is 1.67. The van der Waals surface area contributed by atoms with Gasteiger partial charge in [0.05, 0.1) is 13.7 Å². The lowest BCUT2D eigenvalue weighted by Crippen LogP contribution is -2.22. The molecule has 0 unspecified atom stereocenters. The highest BCUT2D eigenvalue weighted by Gasteiger charge is 2.01. The Kier molecular flexibility index (Phi) is 4.95.